The summed E-state index contributed by atoms with van der Waals surface area (Å²) in [5.41, 5.74) is 5.37. The predicted octanol–water partition coefficient (Wildman–Crippen LogP) is 0.237. The zero-order valence-corrected chi connectivity index (χ0v) is 13.0. The standard InChI is InChI=1S/C17H20N2O5/c18-17(16(23)24)7-6-10-12(13(10)17)14(20)19-11(15(21)22)8-9-4-2-1-3-5-9/h1-5,10-13H,6-8,18H2,(H,19,20)(H,21,22)(H,23,24)/t10-,11-,12-,13-,17-/m0/s1. The number of carbonyl (C=O) groups excluding carboxylic acids is 1. The molecule has 1 aromatic carbocycles. The first-order chi connectivity index (χ1) is 11.3. The molecule has 0 bridgehead atoms. The van der Waals surface area contributed by atoms with E-state index in [-0.39, 0.29) is 12.3 Å². The van der Waals surface area contributed by atoms with Gasteiger partial charge in [0.2, 0.25) is 5.91 Å². The summed E-state index contributed by atoms with van der Waals surface area (Å²) in [5, 5.41) is 21.2. The van der Waals surface area contributed by atoms with Crippen LogP contribution in [0.3, 0.4) is 0 Å². The van der Waals surface area contributed by atoms with Crippen molar-refractivity contribution >= 4 is 17.8 Å². The van der Waals surface area contributed by atoms with Crippen molar-refractivity contribution in [2.45, 2.75) is 30.8 Å². The van der Waals surface area contributed by atoms with Gasteiger partial charge in [0.05, 0.1) is 0 Å². The van der Waals surface area contributed by atoms with Crippen LogP contribution >= 0.6 is 0 Å². The van der Waals surface area contributed by atoms with Gasteiger partial charge in [0, 0.05) is 18.3 Å². The number of hydrogen-bond donors (Lipinski definition) is 4. The van der Waals surface area contributed by atoms with E-state index >= 15 is 0 Å². The summed E-state index contributed by atoms with van der Waals surface area (Å²) in [4.78, 5) is 35.2. The van der Waals surface area contributed by atoms with Gasteiger partial charge in [0.15, 0.2) is 0 Å². The molecule has 0 saturated heterocycles. The van der Waals surface area contributed by atoms with E-state index in [1.54, 1.807) is 24.3 Å². The van der Waals surface area contributed by atoms with E-state index in [0.29, 0.717) is 12.8 Å². The Labute approximate surface area is 138 Å². The second-order valence-electron chi connectivity index (χ2n) is 6.69. The summed E-state index contributed by atoms with van der Waals surface area (Å²) in [7, 11) is 0. The third-order valence-corrected chi connectivity index (χ3v) is 5.25. The Morgan fingerprint density at radius 1 is 1.25 bits per heavy atom. The molecule has 7 heteroatoms. The number of hydrogen-bond acceptors (Lipinski definition) is 4. The van der Waals surface area contributed by atoms with Crippen molar-refractivity contribution in [1.82, 2.24) is 5.32 Å². The Morgan fingerprint density at radius 3 is 2.50 bits per heavy atom. The molecule has 1 amide bonds. The molecule has 0 radical (unpaired) electrons. The molecule has 0 unspecified atom stereocenters. The minimum atomic E-state index is -1.37. The van der Waals surface area contributed by atoms with Crippen molar-refractivity contribution in [2.24, 2.45) is 23.5 Å². The number of rotatable bonds is 6. The molecule has 0 aliphatic heterocycles. The molecule has 2 saturated carbocycles. The van der Waals surface area contributed by atoms with Crippen molar-refractivity contribution in [2.75, 3.05) is 0 Å². The maximum absolute atomic E-state index is 12.4. The van der Waals surface area contributed by atoms with E-state index in [4.69, 9.17) is 5.73 Å². The number of carbonyl (C=O) groups is 3. The fourth-order valence-corrected chi connectivity index (χ4v) is 3.93. The summed E-state index contributed by atoms with van der Waals surface area (Å²) < 4.78 is 0. The molecule has 2 fully saturated rings. The van der Waals surface area contributed by atoms with Crippen LogP contribution < -0.4 is 11.1 Å². The highest BCUT2D eigenvalue weighted by Crippen LogP contribution is 2.61. The zero-order chi connectivity index (χ0) is 17.5. The summed E-state index contributed by atoms with van der Waals surface area (Å²) in [6.45, 7) is 0. The number of benzene rings is 1. The Balaban J connectivity index is 1.66. The van der Waals surface area contributed by atoms with Crippen LogP contribution in [-0.2, 0) is 20.8 Å². The molecular weight excluding hydrogens is 312 g/mol. The van der Waals surface area contributed by atoms with Crippen LogP contribution in [0.4, 0.5) is 0 Å². The summed E-state index contributed by atoms with van der Waals surface area (Å²) in [6.07, 6.45) is 1.12. The molecule has 2 aliphatic carbocycles. The Hall–Kier alpha value is -2.41. The number of carboxylic acids is 2. The molecular formula is C17H20N2O5. The lowest BCUT2D eigenvalue weighted by Crippen LogP contribution is -2.51. The maximum Gasteiger partial charge on any atom is 0.326 e. The van der Waals surface area contributed by atoms with Gasteiger partial charge >= 0.3 is 11.9 Å². The third kappa shape index (κ3) is 2.75. The van der Waals surface area contributed by atoms with Gasteiger partial charge in [0.25, 0.3) is 0 Å². The Morgan fingerprint density at radius 2 is 1.92 bits per heavy atom. The van der Waals surface area contributed by atoms with Gasteiger partial charge in [-0.1, -0.05) is 30.3 Å². The van der Waals surface area contributed by atoms with Crippen molar-refractivity contribution in [3.63, 3.8) is 0 Å². The monoisotopic (exact) mass is 332 g/mol. The molecule has 5 atom stereocenters. The van der Waals surface area contributed by atoms with Crippen LogP contribution in [0.5, 0.6) is 0 Å². The average Bonchev–Trinajstić information content (AvgIpc) is 3.18. The minimum Gasteiger partial charge on any atom is -0.480 e. The number of nitrogens with two attached hydrogens (primary N) is 1. The van der Waals surface area contributed by atoms with Crippen LogP contribution in [0.15, 0.2) is 30.3 Å². The number of amides is 1. The van der Waals surface area contributed by atoms with Crippen LogP contribution in [0.2, 0.25) is 0 Å². The molecule has 7 nitrogen and oxygen atoms in total. The van der Waals surface area contributed by atoms with Crippen LogP contribution in [0.1, 0.15) is 18.4 Å². The molecule has 3 rings (SSSR count). The molecule has 1 aromatic rings. The third-order valence-electron chi connectivity index (χ3n) is 5.25. The fourth-order valence-electron chi connectivity index (χ4n) is 3.93. The fraction of sp³-hybridized carbons (Fsp3) is 0.471. The van der Waals surface area contributed by atoms with Gasteiger partial charge in [-0.2, -0.15) is 0 Å². The predicted molar refractivity (Wildman–Crippen MR) is 84.0 cm³/mol. The van der Waals surface area contributed by atoms with Crippen molar-refractivity contribution in [3.8, 4) is 0 Å². The number of fused-ring (bicyclic) bond motifs is 1. The minimum absolute atomic E-state index is 0.0581. The quantitative estimate of drug-likeness (QED) is 0.590. The highest BCUT2D eigenvalue weighted by molar-refractivity contribution is 5.90. The van der Waals surface area contributed by atoms with E-state index < -0.39 is 41.3 Å². The lowest BCUT2D eigenvalue weighted by molar-refractivity contribution is -0.145. The van der Waals surface area contributed by atoms with Crippen molar-refractivity contribution in [1.29, 1.82) is 0 Å². The topological polar surface area (TPSA) is 130 Å². The van der Waals surface area contributed by atoms with E-state index in [9.17, 15) is 24.6 Å². The highest BCUT2D eigenvalue weighted by atomic mass is 16.4. The lowest BCUT2D eigenvalue weighted by Gasteiger charge is -2.22. The second kappa shape index (κ2) is 5.90. The average molecular weight is 332 g/mol. The van der Waals surface area contributed by atoms with Crippen molar-refractivity contribution in [3.05, 3.63) is 35.9 Å². The number of aliphatic carboxylic acids is 2. The van der Waals surface area contributed by atoms with Gasteiger partial charge < -0.3 is 21.3 Å². The summed E-state index contributed by atoms with van der Waals surface area (Å²) in [5.74, 6) is -3.58. The molecule has 128 valence electrons. The van der Waals surface area contributed by atoms with Crippen molar-refractivity contribution < 1.29 is 24.6 Å². The van der Waals surface area contributed by atoms with E-state index in [1.165, 1.54) is 0 Å². The normalized spacial score (nSPS) is 31.8. The van der Waals surface area contributed by atoms with E-state index in [2.05, 4.69) is 5.32 Å². The molecule has 0 heterocycles. The molecule has 2 aliphatic rings. The van der Waals surface area contributed by atoms with Gasteiger partial charge in [0.1, 0.15) is 11.6 Å². The first-order valence-corrected chi connectivity index (χ1v) is 7.94. The van der Waals surface area contributed by atoms with Gasteiger partial charge in [-0.3, -0.25) is 9.59 Å². The zero-order valence-electron chi connectivity index (χ0n) is 13.0. The largest absolute Gasteiger partial charge is 0.480 e. The summed E-state index contributed by atoms with van der Waals surface area (Å²) >= 11 is 0. The van der Waals surface area contributed by atoms with Crippen LogP contribution in [0, 0.1) is 17.8 Å². The SMILES string of the molecule is N[C@@]1(C(=O)O)CC[C@H]2[C@H](C(=O)N[C@@H](Cc3ccccc3)C(=O)O)[C@H]21. The molecule has 5 N–H and O–H groups in total. The van der Waals surface area contributed by atoms with E-state index in [1.807, 2.05) is 6.07 Å². The van der Waals surface area contributed by atoms with Gasteiger partial charge in [-0.15, -0.1) is 0 Å². The number of carboxylic acid groups (broad SMARTS) is 2. The molecule has 0 spiro atoms. The highest BCUT2D eigenvalue weighted by Gasteiger charge is 2.69. The van der Waals surface area contributed by atoms with Crippen LogP contribution in [0.25, 0.3) is 0 Å². The summed E-state index contributed by atoms with van der Waals surface area (Å²) in [6, 6.07) is 7.98. The first-order valence-electron chi connectivity index (χ1n) is 7.94. The first kappa shape index (κ1) is 16.4. The Kier molecular flexibility index (Phi) is 4.04. The van der Waals surface area contributed by atoms with E-state index in [0.717, 1.165) is 5.56 Å². The van der Waals surface area contributed by atoms with Gasteiger partial charge in [-0.05, 0) is 24.3 Å². The lowest BCUT2D eigenvalue weighted by atomic mass is 9.91. The number of nitrogens with one attached hydrogen (secondary N) is 1. The van der Waals surface area contributed by atoms with Gasteiger partial charge in [-0.25, -0.2) is 4.79 Å². The smallest absolute Gasteiger partial charge is 0.326 e. The molecule has 0 aromatic heterocycles. The Bertz CT molecular complexity index is 677. The molecule has 24 heavy (non-hydrogen) atoms. The van der Waals surface area contributed by atoms with Crippen LogP contribution in [-0.4, -0.2) is 39.6 Å². The maximum atomic E-state index is 12.4. The second-order valence-corrected chi connectivity index (χ2v) is 6.69.